The van der Waals surface area contributed by atoms with Gasteiger partial charge in [-0.25, -0.2) is 0 Å². The van der Waals surface area contributed by atoms with E-state index in [9.17, 15) is 20.1 Å². The van der Waals surface area contributed by atoms with Crippen LogP contribution in [0, 0.1) is 11.3 Å². The van der Waals surface area contributed by atoms with E-state index < -0.39 is 23.7 Å². The van der Waals surface area contributed by atoms with Crippen LogP contribution >= 0.6 is 0 Å². The summed E-state index contributed by atoms with van der Waals surface area (Å²) in [7, 11) is 0. The molecule has 1 saturated carbocycles. The second-order valence-corrected chi connectivity index (χ2v) is 6.20. The summed E-state index contributed by atoms with van der Waals surface area (Å²) in [4.78, 5) is 12.1. The van der Waals surface area contributed by atoms with Gasteiger partial charge in [0.1, 0.15) is 5.60 Å². The van der Waals surface area contributed by atoms with Crippen LogP contribution in [-0.4, -0.2) is 39.4 Å². The predicted octanol–water partition coefficient (Wildman–Crippen LogP) is 0.962. The fraction of sp³-hybridized carbons (Fsp3) is 0.667. The Labute approximate surface area is 113 Å². The second kappa shape index (κ2) is 4.54. The van der Waals surface area contributed by atoms with E-state index in [2.05, 4.69) is 0 Å². The Morgan fingerprint density at radius 1 is 1.53 bits per heavy atom. The molecule has 4 heteroatoms. The van der Waals surface area contributed by atoms with Gasteiger partial charge >= 0.3 is 0 Å². The summed E-state index contributed by atoms with van der Waals surface area (Å²) in [5, 5.41) is 29.4. The molecule has 4 nitrogen and oxygen atoms in total. The molecule has 106 valence electrons. The Kier molecular flexibility index (Phi) is 3.45. The Hall–Kier alpha value is -0.970. The topological polar surface area (TPSA) is 77.8 Å². The van der Waals surface area contributed by atoms with Crippen LogP contribution in [-0.2, 0) is 4.79 Å². The highest BCUT2D eigenvalue weighted by molar-refractivity contribution is 6.07. The lowest BCUT2D eigenvalue weighted by atomic mass is 9.60. The van der Waals surface area contributed by atoms with Gasteiger partial charge in [0, 0.05) is 11.0 Å². The molecule has 2 aliphatic rings. The number of hydrogen-bond acceptors (Lipinski definition) is 4. The molecule has 4 atom stereocenters. The van der Waals surface area contributed by atoms with E-state index >= 15 is 0 Å². The molecular formula is C15H22O4. The third-order valence-electron chi connectivity index (χ3n) is 4.83. The van der Waals surface area contributed by atoms with Gasteiger partial charge in [0.15, 0.2) is 5.78 Å². The predicted molar refractivity (Wildman–Crippen MR) is 71.4 cm³/mol. The van der Waals surface area contributed by atoms with Gasteiger partial charge in [0.2, 0.25) is 0 Å². The van der Waals surface area contributed by atoms with E-state index in [0.29, 0.717) is 12.8 Å². The molecule has 2 rings (SSSR count). The van der Waals surface area contributed by atoms with Gasteiger partial charge in [0.05, 0.1) is 12.7 Å². The zero-order valence-electron chi connectivity index (χ0n) is 11.7. The van der Waals surface area contributed by atoms with Crippen LogP contribution in [0.1, 0.15) is 33.6 Å². The first-order chi connectivity index (χ1) is 8.72. The van der Waals surface area contributed by atoms with Crippen molar-refractivity contribution in [2.45, 2.75) is 45.3 Å². The molecular weight excluding hydrogens is 244 g/mol. The highest BCUT2D eigenvalue weighted by atomic mass is 16.3. The number of ketones is 1. The molecule has 0 aromatic rings. The average Bonchev–Trinajstić information content (AvgIpc) is 2.36. The molecule has 1 fully saturated rings. The minimum Gasteiger partial charge on any atom is -0.393 e. The highest BCUT2D eigenvalue weighted by Crippen LogP contribution is 2.49. The Morgan fingerprint density at radius 3 is 2.74 bits per heavy atom. The summed E-state index contributed by atoms with van der Waals surface area (Å²) in [6.07, 6.45) is 4.26. The molecule has 0 aromatic carbocycles. The zero-order chi connectivity index (χ0) is 14.4. The quantitative estimate of drug-likeness (QED) is 0.696. The van der Waals surface area contributed by atoms with Crippen molar-refractivity contribution in [2.24, 2.45) is 11.3 Å². The van der Waals surface area contributed by atoms with Gasteiger partial charge in [-0.3, -0.25) is 4.79 Å². The summed E-state index contributed by atoms with van der Waals surface area (Å²) >= 11 is 0. The smallest absolute Gasteiger partial charge is 0.184 e. The van der Waals surface area contributed by atoms with Crippen molar-refractivity contribution in [3.63, 3.8) is 0 Å². The van der Waals surface area contributed by atoms with E-state index in [1.54, 1.807) is 12.2 Å². The van der Waals surface area contributed by atoms with Gasteiger partial charge in [-0.1, -0.05) is 25.5 Å². The third kappa shape index (κ3) is 2.18. The van der Waals surface area contributed by atoms with Crippen LogP contribution in [0.5, 0.6) is 0 Å². The second-order valence-electron chi connectivity index (χ2n) is 6.20. The lowest BCUT2D eigenvalue weighted by molar-refractivity contribution is -0.114. The number of aliphatic hydroxyl groups excluding tert-OH is 2. The van der Waals surface area contributed by atoms with Crippen molar-refractivity contribution in [2.75, 3.05) is 6.61 Å². The number of carbonyl (C=O) groups is 1. The first kappa shape index (κ1) is 14.4. The van der Waals surface area contributed by atoms with Gasteiger partial charge < -0.3 is 15.3 Å². The van der Waals surface area contributed by atoms with Crippen LogP contribution in [0.3, 0.4) is 0 Å². The molecule has 0 heterocycles. The van der Waals surface area contributed by atoms with Crippen molar-refractivity contribution in [1.29, 1.82) is 0 Å². The maximum absolute atomic E-state index is 12.1. The monoisotopic (exact) mass is 266 g/mol. The summed E-state index contributed by atoms with van der Waals surface area (Å²) in [6.45, 7) is 4.87. The average molecular weight is 266 g/mol. The summed E-state index contributed by atoms with van der Waals surface area (Å²) in [6, 6.07) is 0. The number of rotatable bonds is 2. The van der Waals surface area contributed by atoms with E-state index in [-0.39, 0.29) is 17.3 Å². The number of hydrogen-bond donors (Lipinski definition) is 3. The van der Waals surface area contributed by atoms with Crippen molar-refractivity contribution < 1.29 is 20.1 Å². The molecule has 3 N–H and O–H groups in total. The molecule has 4 unspecified atom stereocenters. The largest absolute Gasteiger partial charge is 0.393 e. The lowest BCUT2D eigenvalue weighted by Gasteiger charge is -2.45. The van der Waals surface area contributed by atoms with Crippen LogP contribution in [0.25, 0.3) is 0 Å². The zero-order valence-corrected chi connectivity index (χ0v) is 11.7. The molecule has 0 aliphatic heterocycles. The van der Waals surface area contributed by atoms with Gasteiger partial charge in [-0.15, -0.1) is 0 Å². The minimum atomic E-state index is -1.54. The Balaban J connectivity index is 2.49. The first-order valence-electron chi connectivity index (χ1n) is 6.72. The van der Waals surface area contributed by atoms with Crippen LogP contribution < -0.4 is 0 Å². The van der Waals surface area contributed by atoms with Crippen LogP contribution in [0.2, 0.25) is 0 Å². The van der Waals surface area contributed by atoms with Crippen molar-refractivity contribution in [3.05, 3.63) is 23.3 Å². The van der Waals surface area contributed by atoms with E-state index in [4.69, 9.17) is 0 Å². The van der Waals surface area contributed by atoms with E-state index in [1.807, 2.05) is 13.8 Å². The Morgan fingerprint density at radius 2 is 2.16 bits per heavy atom. The van der Waals surface area contributed by atoms with Crippen LogP contribution in [0.15, 0.2) is 23.3 Å². The molecule has 0 spiro atoms. The standard InChI is InChI=1S/C15H22O4/c1-9-12(17)5-4-10-6-13(18)11(7-14(9,10)2)15(3,19)8-16/h6-7,9,12,16-17,19H,4-5,8H2,1-3H3. The minimum absolute atomic E-state index is 0.0231. The van der Waals surface area contributed by atoms with Crippen LogP contribution in [0.4, 0.5) is 0 Å². The van der Waals surface area contributed by atoms with Gasteiger partial charge in [0.25, 0.3) is 0 Å². The van der Waals surface area contributed by atoms with Gasteiger partial charge in [-0.2, -0.15) is 0 Å². The van der Waals surface area contributed by atoms with E-state index in [1.165, 1.54) is 6.92 Å². The fourth-order valence-corrected chi connectivity index (χ4v) is 3.08. The summed E-state index contributed by atoms with van der Waals surface area (Å²) in [5.74, 6) is -0.264. The molecule has 0 bridgehead atoms. The molecule has 0 aromatic heterocycles. The van der Waals surface area contributed by atoms with E-state index in [0.717, 1.165) is 5.57 Å². The normalized spacial score (nSPS) is 38.1. The summed E-state index contributed by atoms with van der Waals surface area (Å²) < 4.78 is 0. The maximum Gasteiger partial charge on any atom is 0.184 e. The van der Waals surface area contributed by atoms with Crippen molar-refractivity contribution >= 4 is 5.78 Å². The number of allylic oxidation sites excluding steroid dienone is 3. The highest BCUT2D eigenvalue weighted by Gasteiger charge is 2.45. The molecule has 0 saturated heterocycles. The van der Waals surface area contributed by atoms with Crippen molar-refractivity contribution in [1.82, 2.24) is 0 Å². The van der Waals surface area contributed by atoms with Crippen molar-refractivity contribution in [3.8, 4) is 0 Å². The lowest BCUT2D eigenvalue weighted by Crippen LogP contribution is -2.44. The third-order valence-corrected chi connectivity index (χ3v) is 4.83. The number of aliphatic hydroxyl groups is 3. The van der Waals surface area contributed by atoms with Gasteiger partial charge in [-0.05, 0) is 31.8 Å². The molecule has 2 aliphatic carbocycles. The number of fused-ring (bicyclic) bond motifs is 1. The molecule has 0 radical (unpaired) electrons. The fourth-order valence-electron chi connectivity index (χ4n) is 3.08. The first-order valence-corrected chi connectivity index (χ1v) is 6.72. The SMILES string of the molecule is CC1C(O)CCC2=CC(=O)C(C(C)(O)CO)=CC21C. The number of carbonyl (C=O) groups excluding carboxylic acids is 1. The molecule has 0 amide bonds. The summed E-state index contributed by atoms with van der Waals surface area (Å²) in [5.41, 5.74) is -0.736. The molecule has 19 heavy (non-hydrogen) atoms. The maximum atomic E-state index is 12.1. The Bertz CT molecular complexity index is 461.